The van der Waals surface area contributed by atoms with Crippen molar-refractivity contribution in [1.29, 1.82) is 0 Å². The molecule has 1 aromatic rings. The molecule has 1 aromatic carbocycles. The maximum atomic E-state index is 11.5. The minimum Gasteiger partial charge on any atom is -0.456 e. The SMILES string of the molecule is CS[C@H]1O[C@@H](c2ccc(C)c(Cl)c2)[C@H](OC(C)=O)[C@@H](O)[C@@H]1OC(C)=O. The molecule has 0 amide bonds. The number of benzene rings is 1. The molecule has 0 spiro atoms. The van der Waals surface area contributed by atoms with Gasteiger partial charge in [0.25, 0.3) is 0 Å². The number of aliphatic hydroxyl groups excluding tert-OH is 1. The number of ether oxygens (including phenoxy) is 3. The number of aryl methyl sites for hydroxylation is 1. The lowest BCUT2D eigenvalue weighted by molar-refractivity contribution is -0.224. The molecule has 1 saturated heterocycles. The summed E-state index contributed by atoms with van der Waals surface area (Å²) in [6, 6.07) is 5.34. The van der Waals surface area contributed by atoms with E-state index in [-0.39, 0.29) is 0 Å². The maximum absolute atomic E-state index is 11.5. The van der Waals surface area contributed by atoms with Gasteiger partial charge in [0.1, 0.15) is 17.6 Å². The first-order valence-corrected chi connectivity index (χ1v) is 9.38. The molecule has 25 heavy (non-hydrogen) atoms. The molecule has 1 heterocycles. The Morgan fingerprint density at radius 1 is 1.20 bits per heavy atom. The predicted octanol–water partition coefficient (Wildman–Crippen LogP) is 2.63. The van der Waals surface area contributed by atoms with Gasteiger partial charge < -0.3 is 19.3 Å². The number of hydrogen-bond acceptors (Lipinski definition) is 7. The Morgan fingerprint density at radius 3 is 2.32 bits per heavy atom. The highest BCUT2D eigenvalue weighted by Crippen LogP contribution is 2.39. The monoisotopic (exact) mass is 388 g/mol. The zero-order valence-electron chi connectivity index (χ0n) is 14.4. The lowest BCUT2D eigenvalue weighted by Crippen LogP contribution is -2.55. The number of aliphatic hydroxyl groups is 1. The van der Waals surface area contributed by atoms with Crippen LogP contribution in [0.3, 0.4) is 0 Å². The molecule has 1 aliphatic rings. The molecule has 5 atom stereocenters. The van der Waals surface area contributed by atoms with E-state index in [0.29, 0.717) is 10.6 Å². The molecule has 6 nitrogen and oxygen atoms in total. The lowest BCUT2D eigenvalue weighted by Gasteiger charge is -2.43. The average molecular weight is 389 g/mol. The number of carbonyl (C=O) groups is 2. The van der Waals surface area contributed by atoms with Crippen LogP contribution in [0.5, 0.6) is 0 Å². The second kappa shape index (κ2) is 8.40. The highest BCUT2D eigenvalue weighted by Gasteiger charge is 2.49. The second-order valence-electron chi connectivity index (χ2n) is 5.81. The Balaban J connectivity index is 2.40. The van der Waals surface area contributed by atoms with Crippen molar-refractivity contribution in [2.24, 2.45) is 0 Å². The van der Waals surface area contributed by atoms with Crippen LogP contribution in [-0.4, -0.2) is 47.0 Å². The van der Waals surface area contributed by atoms with Gasteiger partial charge in [0, 0.05) is 18.9 Å². The normalized spacial score (nSPS) is 29.1. The maximum Gasteiger partial charge on any atom is 0.303 e. The molecular formula is C17H21ClO6S. The lowest BCUT2D eigenvalue weighted by atomic mass is 9.93. The van der Waals surface area contributed by atoms with Gasteiger partial charge in [-0.25, -0.2) is 0 Å². The van der Waals surface area contributed by atoms with Crippen molar-refractivity contribution in [3.63, 3.8) is 0 Å². The van der Waals surface area contributed by atoms with Gasteiger partial charge in [-0.1, -0.05) is 23.7 Å². The van der Waals surface area contributed by atoms with E-state index >= 15 is 0 Å². The molecule has 2 rings (SSSR count). The van der Waals surface area contributed by atoms with Crippen LogP contribution in [0.4, 0.5) is 0 Å². The molecule has 1 fully saturated rings. The van der Waals surface area contributed by atoms with E-state index in [9.17, 15) is 14.7 Å². The fourth-order valence-electron chi connectivity index (χ4n) is 2.71. The molecule has 0 radical (unpaired) electrons. The van der Waals surface area contributed by atoms with Crippen molar-refractivity contribution in [2.45, 2.75) is 50.6 Å². The first-order valence-electron chi connectivity index (χ1n) is 7.71. The fraction of sp³-hybridized carbons (Fsp3) is 0.529. The third-order valence-corrected chi connectivity index (χ3v) is 5.13. The number of hydrogen-bond donors (Lipinski definition) is 1. The molecule has 0 aromatic heterocycles. The Labute approximate surface area is 155 Å². The molecule has 1 aliphatic heterocycles. The van der Waals surface area contributed by atoms with Crippen LogP contribution in [0.2, 0.25) is 5.02 Å². The molecule has 0 unspecified atom stereocenters. The minimum absolute atomic E-state index is 0.542. The van der Waals surface area contributed by atoms with Crippen molar-refractivity contribution in [2.75, 3.05) is 6.26 Å². The molecule has 138 valence electrons. The summed E-state index contributed by atoms with van der Waals surface area (Å²) in [5.41, 5.74) is 0.946. The smallest absolute Gasteiger partial charge is 0.303 e. The molecule has 0 saturated carbocycles. The molecule has 8 heteroatoms. The van der Waals surface area contributed by atoms with Crippen LogP contribution in [0.15, 0.2) is 18.2 Å². The Hall–Kier alpha value is -1.28. The van der Waals surface area contributed by atoms with Crippen molar-refractivity contribution >= 4 is 35.3 Å². The number of rotatable bonds is 4. The largest absolute Gasteiger partial charge is 0.456 e. The Kier molecular flexibility index (Phi) is 6.73. The Bertz CT molecular complexity index is 652. The fourth-order valence-corrected chi connectivity index (χ4v) is 3.62. The molecule has 1 N–H and O–H groups in total. The van der Waals surface area contributed by atoms with Crippen LogP contribution in [-0.2, 0) is 23.8 Å². The summed E-state index contributed by atoms with van der Waals surface area (Å²) >= 11 is 7.48. The van der Waals surface area contributed by atoms with Gasteiger partial charge in [-0.15, -0.1) is 11.8 Å². The van der Waals surface area contributed by atoms with Crippen LogP contribution in [0.25, 0.3) is 0 Å². The van der Waals surface area contributed by atoms with Crippen LogP contribution >= 0.6 is 23.4 Å². The first-order chi connectivity index (χ1) is 11.7. The van der Waals surface area contributed by atoms with E-state index < -0.39 is 41.8 Å². The van der Waals surface area contributed by atoms with Gasteiger partial charge in [-0.3, -0.25) is 9.59 Å². The standard InChI is InChI=1S/C17H21ClO6S/c1-8-5-6-11(7-12(8)18)14-15(22-9(2)19)13(21)16(23-10(3)20)17(24-14)25-4/h5-7,13-17,21H,1-4H3/t13-,14+,15-,16+,17-/m1/s1. The summed E-state index contributed by atoms with van der Waals surface area (Å²) in [6.45, 7) is 4.36. The van der Waals surface area contributed by atoms with Gasteiger partial charge in [-0.2, -0.15) is 0 Å². The average Bonchev–Trinajstić information content (AvgIpc) is 2.53. The summed E-state index contributed by atoms with van der Waals surface area (Å²) in [6.07, 6.45) is -2.16. The van der Waals surface area contributed by atoms with E-state index in [2.05, 4.69) is 0 Å². The van der Waals surface area contributed by atoms with Crippen molar-refractivity contribution < 1.29 is 28.9 Å². The summed E-state index contributed by atoms with van der Waals surface area (Å²) < 4.78 is 16.5. The van der Waals surface area contributed by atoms with Gasteiger partial charge in [-0.05, 0) is 30.4 Å². The molecule has 0 bridgehead atoms. The van der Waals surface area contributed by atoms with Crippen LogP contribution in [0, 0.1) is 6.92 Å². The summed E-state index contributed by atoms with van der Waals surface area (Å²) in [5.74, 6) is -1.12. The predicted molar refractivity (Wildman–Crippen MR) is 94.4 cm³/mol. The summed E-state index contributed by atoms with van der Waals surface area (Å²) in [5, 5.41) is 11.2. The van der Waals surface area contributed by atoms with Crippen molar-refractivity contribution in [3.8, 4) is 0 Å². The first kappa shape index (κ1) is 20.0. The number of thioether (sulfide) groups is 1. The molecule has 0 aliphatic carbocycles. The van der Waals surface area contributed by atoms with Gasteiger partial charge >= 0.3 is 11.9 Å². The summed E-state index contributed by atoms with van der Waals surface area (Å²) in [4.78, 5) is 22.9. The van der Waals surface area contributed by atoms with Gasteiger partial charge in [0.2, 0.25) is 0 Å². The zero-order valence-corrected chi connectivity index (χ0v) is 16.0. The number of halogens is 1. The third-order valence-electron chi connectivity index (χ3n) is 3.88. The van der Waals surface area contributed by atoms with Gasteiger partial charge in [0.05, 0.1) is 0 Å². The van der Waals surface area contributed by atoms with E-state index in [1.54, 1.807) is 18.4 Å². The van der Waals surface area contributed by atoms with Crippen LogP contribution in [0.1, 0.15) is 31.1 Å². The topological polar surface area (TPSA) is 82.1 Å². The summed E-state index contributed by atoms with van der Waals surface area (Å²) in [7, 11) is 0. The zero-order chi connectivity index (χ0) is 18.7. The highest BCUT2D eigenvalue weighted by atomic mass is 35.5. The minimum atomic E-state index is -1.23. The van der Waals surface area contributed by atoms with Gasteiger partial charge in [0.15, 0.2) is 12.2 Å². The second-order valence-corrected chi connectivity index (χ2v) is 7.15. The Morgan fingerprint density at radius 2 is 1.80 bits per heavy atom. The van der Waals surface area contributed by atoms with E-state index in [1.807, 2.05) is 13.0 Å². The highest BCUT2D eigenvalue weighted by molar-refractivity contribution is 7.99. The van der Waals surface area contributed by atoms with E-state index in [1.165, 1.54) is 25.6 Å². The van der Waals surface area contributed by atoms with Crippen molar-refractivity contribution in [1.82, 2.24) is 0 Å². The van der Waals surface area contributed by atoms with Crippen LogP contribution < -0.4 is 0 Å². The number of carbonyl (C=O) groups excluding carboxylic acids is 2. The quantitative estimate of drug-likeness (QED) is 0.794. The third kappa shape index (κ3) is 4.67. The van der Waals surface area contributed by atoms with E-state index in [0.717, 1.165) is 5.56 Å². The number of esters is 2. The van der Waals surface area contributed by atoms with E-state index in [4.69, 9.17) is 25.8 Å². The van der Waals surface area contributed by atoms with Crippen molar-refractivity contribution in [3.05, 3.63) is 34.3 Å². The molecular weight excluding hydrogens is 368 g/mol.